The Kier molecular flexibility index (Phi) is 2.58. The molecule has 0 spiro atoms. The molecule has 0 atom stereocenters. The molecule has 0 fully saturated rings. The molecule has 4 heteroatoms. The van der Waals surface area contributed by atoms with Gasteiger partial charge in [0, 0.05) is 5.69 Å². The zero-order chi connectivity index (χ0) is 10.7. The topological polar surface area (TPSA) is 47.3 Å². The first kappa shape index (κ1) is 9.58. The van der Waals surface area contributed by atoms with Crippen molar-refractivity contribution < 1.29 is 9.26 Å². The summed E-state index contributed by atoms with van der Waals surface area (Å²) in [6.07, 6.45) is 0. The van der Waals surface area contributed by atoms with Crippen molar-refractivity contribution in [3.8, 4) is 5.88 Å². The van der Waals surface area contributed by atoms with Gasteiger partial charge < -0.3 is 14.6 Å². The molecule has 1 aromatic carbocycles. The summed E-state index contributed by atoms with van der Waals surface area (Å²) in [5.74, 6) is 1.17. The minimum atomic E-state index is 0.469. The molecule has 1 heterocycles. The number of rotatable bonds is 3. The van der Waals surface area contributed by atoms with Crippen LogP contribution in [0.5, 0.6) is 5.88 Å². The molecule has 1 N–H and O–H groups in total. The number of nitrogens with one attached hydrogen (secondary N) is 1. The number of methoxy groups -OCH3 is 1. The molecule has 2 aromatic rings. The fraction of sp³-hybridized carbons (Fsp3) is 0.182. The molecule has 0 radical (unpaired) electrons. The Morgan fingerprint density at radius 2 is 2.00 bits per heavy atom. The number of hydrogen-bond donors (Lipinski definition) is 1. The van der Waals surface area contributed by atoms with Crippen LogP contribution in [0.15, 0.2) is 34.9 Å². The second-order valence-electron chi connectivity index (χ2n) is 3.11. The predicted octanol–water partition coefficient (Wildman–Crippen LogP) is 2.74. The van der Waals surface area contributed by atoms with Gasteiger partial charge in [-0.25, -0.2) is 0 Å². The van der Waals surface area contributed by atoms with E-state index in [1.54, 1.807) is 7.11 Å². The Morgan fingerprint density at radius 1 is 1.27 bits per heavy atom. The van der Waals surface area contributed by atoms with Crippen LogP contribution in [0.3, 0.4) is 0 Å². The molecule has 0 bridgehead atoms. The van der Waals surface area contributed by atoms with Gasteiger partial charge in [-0.05, 0) is 24.2 Å². The van der Waals surface area contributed by atoms with Gasteiger partial charge in [0.1, 0.15) is 5.69 Å². The fourth-order valence-corrected chi connectivity index (χ4v) is 1.30. The summed E-state index contributed by atoms with van der Waals surface area (Å²) >= 11 is 0. The van der Waals surface area contributed by atoms with E-state index < -0.39 is 0 Å². The fourth-order valence-electron chi connectivity index (χ4n) is 1.30. The molecule has 0 aliphatic carbocycles. The number of hydrogen-bond acceptors (Lipinski definition) is 4. The molecule has 0 aliphatic heterocycles. The van der Waals surface area contributed by atoms with Crippen LogP contribution in [0.4, 0.5) is 11.4 Å². The number of para-hydroxylation sites is 1. The normalized spacial score (nSPS) is 10.0. The van der Waals surface area contributed by atoms with Gasteiger partial charge in [-0.2, -0.15) is 0 Å². The van der Waals surface area contributed by atoms with E-state index in [2.05, 4.69) is 10.5 Å². The second kappa shape index (κ2) is 4.04. The van der Waals surface area contributed by atoms with Crippen molar-refractivity contribution in [3.63, 3.8) is 0 Å². The van der Waals surface area contributed by atoms with Crippen molar-refractivity contribution >= 4 is 11.4 Å². The smallest absolute Gasteiger partial charge is 0.278 e. The van der Waals surface area contributed by atoms with Crippen molar-refractivity contribution in [2.24, 2.45) is 0 Å². The van der Waals surface area contributed by atoms with Crippen LogP contribution >= 0.6 is 0 Å². The Labute approximate surface area is 87.8 Å². The molecule has 78 valence electrons. The Balaban J connectivity index is 2.27. The average Bonchev–Trinajstić information content (AvgIpc) is 2.62. The summed E-state index contributed by atoms with van der Waals surface area (Å²) in [5, 5.41) is 6.96. The molecule has 15 heavy (non-hydrogen) atoms. The SMILES string of the molecule is COc1noc(C)c1Nc1ccccc1. The quantitative estimate of drug-likeness (QED) is 0.835. The van der Waals surface area contributed by atoms with Crippen LogP contribution in [-0.2, 0) is 0 Å². The summed E-state index contributed by atoms with van der Waals surface area (Å²) in [5.41, 5.74) is 1.74. The first-order valence-electron chi connectivity index (χ1n) is 4.63. The van der Waals surface area contributed by atoms with Gasteiger partial charge in [-0.1, -0.05) is 18.2 Å². The van der Waals surface area contributed by atoms with Gasteiger partial charge in [0.05, 0.1) is 7.11 Å². The standard InChI is InChI=1S/C11H12N2O2/c1-8-10(11(14-2)13-15-8)12-9-6-4-3-5-7-9/h3-7,12H,1-2H3. The molecule has 2 rings (SSSR count). The Bertz CT molecular complexity index is 437. The maximum atomic E-state index is 5.07. The average molecular weight is 204 g/mol. The minimum absolute atomic E-state index is 0.469. The van der Waals surface area contributed by atoms with Crippen LogP contribution in [0.25, 0.3) is 0 Å². The Morgan fingerprint density at radius 3 is 2.67 bits per heavy atom. The third kappa shape index (κ3) is 1.93. The first-order valence-corrected chi connectivity index (χ1v) is 4.63. The zero-order valence-corrected chi connectivity index (χ0v) is 8.65. The maximum absolute atomic E-state index is 5.07. The van der Waals surface area contributed by atoms with Gasteiger partial charge >= 0.3 is 0 Å². The van der Waals surface area contributed by atoms with E-state index in [1.807, 2.05) is 37.3 Å². The third-order valence-electron chi connectivity index (χ3n) is 2.07. The molecule has 0 saturated heterocycles. The molecule has 0 saturated carbocycles. The van der Waals surface area contributed by atoms with Crippen LogP contribution in [0.1, 0.15) is 5.76 Å². The number of anilines is 2. The van der Waals surface area contributed by atoms with E-state index in [0.717, 1.165) is 11.4 Å². The van der Waals surface area contributed by atoms with Crippen molar-refractivity contribution in [2.75, 3.05) is 12.4 Å². The van der Waals surface area contributed by atoms with Gasteiger partial charge in [-0.15, -0.1) is 0 Å². The first-order chi connectivity index (χ1) is 7.31. The highest BCUT2D eigenvalue weighted by molar-refractivity contribution is 5.65. The molecule has 4 nitrogen and oxygen atoms in total. The van der Waals surface area contributed by atoms with E-state index in [-0.39, 0.29) is 0 Å². The van der Waals surface area contributed by atoms with Crippen LogP contribution in [-0.4, -0.2) is 12.3 Å². The lowest BCUT2D eigenvalue weighted by Crippen LogP contribution is -1.93. The monoisotopic (exact) mass is 204 g/mol. The highest BCUT2D eigenvalue weighted by Gasteiger charge is 2.12. The molecule has 1 aromatic heterocycles. The van der Waals surface area contributed by atoms with Crippen molar-refractivity contribution in [1.82, 2.24) is 5.16 Å². The Hall–Kier alpha value is -1.97. The lowest BCUT2D eigenvalue weighted by atomic mass is 10.3. The number of ether oxygens (including phenoxy) is 1. The summed E-state index contributed by atoms with van der Waals surface area (Å²) in [7, 11) is 1.56. The van der Waals surface area contributed by atoms with Gasteiger partial charge in [-0.3, -0.25) is 0 Å². The van der Waals surface area contributed by atoms with E-state index >= 15 is 0 Å². The van der Waals surface area contributed by atoms with Crippen LogP contribution < -0.4 is 10.1 Å². The summed E-state index contributed by atoms with van der Waals surface area (Å²) in [4.78, 5) is 0. The molecule has 0 amide bonds. The van der Waals surface area contributed by atoms with E-state index in [1.165, 1.54) is 0 Å². The maximum Gasteiger partial charge on any atom is 0.278 e. The van der Waals surface area contributed by atoms with Crippen molar-refractivity contribution in [1.29, 1.82) is 0 Å². The minimum Gasteiger partial charge on any atom is -0.477 e. The number of aromatic nitrogens is 1. The number of nitrogens with zero attached hydrogens (tertiary/aromatic N) is 1. The van der Waals surface area contributed by atoms with E-state index in [4.69, 9.17) is 9.26 Å². The molecule has 0 aliphatic rings. The largest absolute Gasteiger partial charge is 0.477 e. The zero-order valence-electron chi connectivity index (χ0n) is 8.65. The highest BCUT2D eigenvalue weighted by atomic mass is 16.5. The second-order valence-corrected chi connectivity index (χ2v) is 3.11. The summed E-state index contributed by atoms with van der Waals surface area (Å²) < 4.78 is 10.1. The van der Waals surface area contributed by atoms with Crippen LogP contribution in [0.2, 0.25) is 0 Å². The van der Waals surface area contributed by atoms with Gasteiger partial charge in [0.15, 0.2) is 5.76 Å². The highest BCUT2D eigenvalue weighted by Crippen LogP contribution is 2.29. The third-order valence-corrected chi connectivity index (χ3v) is 2.07. The van der Waals surface area contributed by atoms with Gasteiger partial charge in [0.25, 0.3) is 5.88 Å². The van der Waals surface area contributed by atoms with Crippen LogP contribution in [0, 0.1) is 6.92 Å². The van der Waals surface area contributed by atoms with E-state index in [0.29, 0.717) is 11.6 Å². The predicted molar refractivity (Wildman–Crippen MR) is 57.5 cm³/mol. The summed E-state index contributed by atoms with van der Waals surface area (Å²) in [6.45, 7) is 1.83. The van der Waals surface area contributed by atoms with Gasteiger partial charge in [0.2, 0.25) is 0 Å². The number of benzene rings is 1. The van der Waals surface area contributed by atoms with E-state index in [9.17, 15) is 0 Å². The van der Waals surface area contributed by atoms with Crippen molar-refractivity contribution in [2.45, 2.75) is 6.92 Å². The molecular formula is C11H12N2O2. The number of aryl methyl sites for hydroxylation is 1. The lowest BCUT2D eigenvalue weighted by molar-refractivity contribution is 0.331. The summed E-state index contributed by atoms with van der Waals surface area (Å²) in [6, 6.07) is 9.80. The van der Waals surface area contributed by atoms with Crippen molar-refractivity contribution in [3.05, 3.63) is 36.1 Å². The lowest BCUT2D eigenvalue weighted by Gasteiger charge is -2.04. The molecule has 0 unspecified atom stereocenters. The molecular weight excluding hydrogens is 192 g/mol.